The Hall–Kier alpha value is -11.8. The van der Waals surface area contributed by atoms with Crippen LogP contribution in [0.3, 0.4) is 0 Å². The summed E-state index contributed by atoms with van der Waals surface area (Å²) in [7, 11) is 5.93. The predicted molar refractivity (Wildman–Crippen MR) is 360 cm³/mol. The summed E-state index contributed by atoms with van der Waals surface area (Å²) in [6.07, 6.45) is -2.94. The number of aromatic nitrogens is 15. The number of imidazole rings is 5. The first-order valence-corrected chi connectivity index (χ1v) is 30.9. The first-order valence-electron chi connectivity index (χ1n) is 30.2. The minimum atomic E-state index is -4.62. The fourth-order valence-electron chi connectivity index (χ4n) is 10.2. The monoisotopic (exact) mass is 1450 g/mol. The van der Waals surface area contributed by atoms with Gasteiger partial charge >= 0.3 is 12.4 Å². The second kappa shape index (κ2) is 29.7. The molecule has 15 rings (SSSR count). The SMILES string of the molecule is COc1cc(-c2ccc3cnc(C)n3n2)ccc1C.COc1ccc(-c2ccc3cnc(C(F)(F)F)n3n2)c(C)c1.COc1ccc(-c2ccc3cnc(C(F)(F)F)n3n2)cc1F.COc1ccc(-c2ccc3cnc(C(F)F)n3n2)cc1F.Cc1ccc(-c2ccc3nccn3n2)cc1Br. The Morgan fingerprint density at radius 1 is 0.406 bits per heavy atom. The molecule has 0 saturated carbocycles. The number of aryl methyl sites for hydroxylation is 4. The van der Waals surface area contributed by atoms with Gasteiger partial charge in [0.25, 0.3) is 6.43 Å². The third kappa shape index (κ3) is 15.7. The Kier molecular flexibility index (Phi) is 20.7. The minimum Gasteiger partial charge on any atom is -0.497 e. The van der Waals surface area contributed by atoms with E-state index in [2.05, 4.69) is 97.5 Å². The quantitative estimate of drug-likeness (QED) is 0.118. The Bertz CT molecular complexity index is 5480. The molecule has 5 aromatic carbocycles. The number of nitrogens with zero attached hydrogens (tertiary/aromatic N) is 15. The van der Waals surface area contributed by atoms with E-state index >= 15 is 0 Å². The van der Waals surface area contributed by atoms with Crippen LogP contribution < -0.4 is 18.9 Å². The highest BCUT2D eigenvalue weighted by Gasteiger charge is 2.38. The lowest BCUT2D eigenvalue weighted by Crippen LogP contribution is -2.12. The van der Waals surface area contributed by atoms with Gasteiger partial charge in [-0.1, -0.05) is 40.2 Å². The maximum atomic E-state index is 13.7. The van der Waals surface area contributed by atoms with Crippen molar-refractivity contribution >= 4 is 43.6 Å². The molecule has 0 bridgehead atoms. The molecule has 10 aromatic heterocycles. The van der Waals surface area contributed by atoms with Gasteiger partial charge in [0.2, 0.25) is 11.6 Å². The summed E-state index contributed by atoms with van der Waals surface area (Å²) in [6, 6.07) is 43.4. The number of ether oxygens (including phenoxy) is 4. The Balaban J connectivity index is 0.000000127. The van der Waals surface area contributed by atoms with Gasteiger partial charge in [0, 0.05) is 44.7 Å². The van der Waals surface area contributed by atoms with Crippen molar-refractivity contribution in [2.45, 2.75) is 46.5 Å². The van der Waals surface area contributed by atoms with Gasteiger partial charge in [-0.25, -0.2) is 65.1 Å². The lowest BCUT2D eigenvalue weighted by molar-refractivity contribution is -0.146. The van der Waals surface area contributed by atoms with Gasteiger partial charge in [0.1, 0.15) is 17.3 Å². The molecule has 0 spiro atoms. The van der Waals surface area contributed by atoms with Gasteiger partial charge in [-0.3, -0.25) is 0 Å². The van der Waals surface area contributed by atoms with Crippen LogP contribution in [0.5, 0.6) is 23.0 Å². The Morgan fingerprint density at radius 3 is 1.39 bits per heavy atom. The van der Waals surface area contributed by atoms with Crippen LogP contribution in [-0.4, -0.2) is 101 Å². The van der Waals surface area contributed by atoms with Gasteiger partial charge in [-0.05, 0) is 172 Å². The summed E-state index contributed by atoms with van der Waals surface area (Å²) < 4.78 is 158. The van der Waals surface area contributed by atoms with Crippen molar-refractivity contribution in [1.29, 1.82) is 0 Å². The molecule has 0 saturated heterocycles. The van der Waals surface area contributed by atoms with E-state index in [1.165, 1.54) is 62.4 Å². The van der Waals surface area contributed by atoms with Crippen molar-refractivity contribution in [2.75, 3.05) is 28.4 Å². The molecule has 101 heavy (non-hydrogen) atoms. The zero-order valence-electron chi connectivity index (χ0n) is 54.5. The number of halogens is 11. The van der Waals surface area contributed by atoms with Crippen molar-refractivity contribution in [3.63, 3.8) is 0 Å². The van der Waals surface area contributed by atoms with E-state index in [1.54, 1.807) is 73.5 Å². The minimum absolute atomic E-state index is 0.0449. The van der Waals surface area contributed by atoms with E-state index in [-0.39, 0.29) is 22.7 Å². The molecule has 0 unspecified atom stereocenters. The fourth-order valence-corrected chi connectivity index (χ4v) is 10.6. The Morgan fingerprint density at radius 2 is 0.861 bits per heavy atom. The van der Waals surface area contributed by atoms with Gasteiger partial charge < -0.3 is 18.9 Å². The highest BCUT2D eigenvalue weighted by Crippen LogP contribution is 2.34. The second-order valence-corrected chi connectivity index (χ2v) is 22.9. The van der Waals surface area contributed by atoms with Gasteiger partial charge in [0.05, 0.1) is 104 Å². The van der Waals surface area contributed by atoms with Gasteiger partial charge in [0.15, 0.2) is 34.6 Å². The average molecular weight is 1450 g/mol. The zero-order valence-corrected chi connectivity index (χ0v) is 56.1. The molecule has 0 aliphatic heterocycles. The van der Waals surface area contributed by atoms with Crippen LogP contribution in [0.15, 0.2) is 193 Å². The first kappa shape index (κ1) is 70.5. The number of fused-ring (bicyclic) bond motifs is 5. The van der Waals surface area contributed by atoms with E-state index in [0.29, 0.717) is 43.8 Å². The number of hydrogen-bond acceptors (Lipinski definition) is 14. The second-order valence-electron chi connectivity index (χ2n) is 22.1. The van der Waals surface area contributed by atoms with Crippen LogP contribution in [0.2, 0.25) is 0 Å². The van der Waals surface area contributed by atoms with E-state index in [9.17, 15) is 43.9 Å². The van der Waals surface area contributed by atoms with E-state index < -0.39 is 47.9 Å². The van der Waals surface area contributed by atoms with Crippen molar-refractivity contribution in [1.82, 2.24) is 73.0 Å². The van der Waals surface area contributed by atoms with Crippen LogP contribution in [0.25, 0.3) is 84.0 Å². The number of rotatable bonds is 10. The van der Waals surface area contributed by atoms with Crippen LogP contribution in [0.1, 0.15) is 46.4 Å². The fraction of sp³-hybridized carbons (Fsp3) is 0.155. The van der Waals surface area contributed by atoms with E-state index in [0.717, 1.165) is 93.9 Å². The van der Waals surface area contributed by atoms with E-state index in [4.69, 9.17) is 18.9 Å². The van der Waals surface area contributed by atoms with Crippen molar-refractivity contribution < 1.29 is 62.9 Å². The molecule has 30 heteroatoms. The number of hydrogen-bond donors (Lipinski definition) is 0. The molecule has 0 aliphatic rings. The van der Waals surface area contributed by atoms with Crippen molar-refractivity contribution in [3.05, 3.63) is 245 Å². The highest BCUT2D eigenvalue weighted by molar-refractivity contribution is 9.10. The predicted octanol–water partition coefficient (Wildman–Crippen LogP) is 17.3. The van der Waals surface area contributed by atoms with Crippen LogP contribution >= 0.6 is 15.9 Å². The molecule has 0 radical (unpaired) electrons. The van der Waals surface area contributed by atoms with Crippen LogP contribution in [-0.2, 0) is 12.4 Å². The average Bonchev–Trinajstić information content (AvgIpc) is 1.69. The van der Waals surface area contributed by atoms with E-state index in [1.807, 2.05) is 74.1 Å². The highest BCUT2D eigenvalue weighted by atomic mass is 79.9. The lowest BCUT2D eigenvalue weighted by atomic mass is 10.1. The lowest BCUT2D eigenvalue weighted by Gasteiger charge is -2.09. The molecule has 10 heterocycles. The molecule has 15 aromatic rings. The largest absolute Gasteiger partial charge is 0.497 e. The summed E-state index contributed by atoms with van der Waals surface area (Å²) in [4.78, 5) is 18.8. The summed E-state index contributed by atoms with van der Waals surface area (Å²) in [5, 5.41) is 21.2. The van der Waals surface area contributed by atoms with Crippen molar-refractivity contribution in [2.24, 2.45) is 0 Å². The molecule has 19 nitrogen and oxygen atoms in total. The molecular formula is C71H56BrF10N15O4. The molecular weight excluding hydrogens is 1400 g/mol. The van der Waals surface area contributed by atoms with Crippen molar-refractivity contribution in [3.8, 4) is 79.3 Å². The summed E-state index contributed by atoms with van der Waals surface area (Å²) in [5.74, 6) is -1.17. The zero-order chi connectivity index (χ0) is 72.0. The molecule has 516 valence electrons. The maximum Gasteiger partial charge on any atom is 0.451 e. The summed E-state index contributed by atoms with van der Waals surface area (Å²) >= 11 is 3.54. The molecule has 0 atom stereocenters. The topological polar surface area (TPSA) is 188 Å². The number of methoxy groups -OCH3 is 4. The first-order chi connectivity index (χ1) is 48.3. The normalized spacial score (nSPS) is 11.4. The van der Waals surface area contributed by atoms with Gasteiger partial charge in [-0.2, -0.15) is 51.8 Å². The summed E-state index contributed by atoms with van der Waals surface area (Å²) in [5.41, 5.74) is 12.5. The molecule has 0 amide bonds. The summed E-state index contributed by atoms with van der Waals surface area (Å²) in [6.45, 7) is 7.89. The third-order valence-electron chi connectivity index (χ3n) is 15.5. The molecule has 0 aliphatic carbocycles. The standard InChI is InChI=1S/C15H12F3N3O.C15H15N3O.C14H9F4N3O.C14H10F3N3O.C13H10BrN3/c1-9-7-11(22-2)4-5-12(9)13-6-3-10-8-19-14(15(16,17)18)21(10)20-13;1-10-4-5-12(8-15(10)19-3)14-7-6-13-9-16-11(2)18(13)17-14;1-22-12-5-2-8(6-10(12)15)11-4-3-9-7-19-13(14(16,17)18)21(9)20-11;1-21-12-5-2-8(6-10(12)15)11-4-3-9-7-18-14(13(16)17)20(9)19-11;1-9-2-3-10(8-11(9)14)12-4-5-13-15-6-7-17(13)16-12/h3-8H,1-2H3;4-9H,1-3H3;2-7H,1H3;2-7,13H,1H3;2-8H,1H3. The molecule has 0 fully saturated rings. The Labute approximate surface area is 576 Å². The number of benzene rings is 5. The van der Waals surface area contributed by atoms with Crippen LogP contribution in [0.4, 0.5) is 43.9 Å². The van der Waals surface area contributed by atoms with Gasteiger partial charge in [-0.15, -0.1) is 0 Å². The third-order valence-corrected chi connectivity index (χ3v) is 16.3. The smallest absolute Gasteiger partial charge is 0.451 e. The molecule has 0 N–H and O–H groups in total. The number of alkyl halides is 8. The maximum absolute atomic E-state index is 13.7. The van der Waals surface area contributed by atoms with Crippen LogP contribution in [0, 0.1) is 39.3 Å².